The summed E-state index contributed by atoms with van der Waals surface area (Å²) < 4.78 is 39.1. The van der Waals surface area contributed by atoms with E-state index < -0.39 is 47.3 Å². The largest absolute Gasteiger partial charge is 0.416 e. The Kier molecular flexibility index (Phi) is 4.84. The molecule has 1 N–H and O–H groups in total. The molecule has 1 aromatic rings. The fourth-order valence-corrected chi connectivity index (χ4v) is 3.58. The van der Waals surface area contributed by atoms with Crippen molar-refractivity contribution in [2.24, 2.45) is 11.8 Å². The van der Waals surface area contributed by atoms with E-state index >= 15 is 0 Å². The van der Waals surface area contributed by atoms with Gasteiger partial charge in [0.05, 0.1) is 17.4 Å². The Morgan fingerprint density at radius 3 is 2.22 bits per heavy atom. The number of alkyl halides is 3. The minimum atomic E-state index is -4.54. The van der Waals surface area contributed by atoms with Crippen LogP contribution in [-0.4, -0.2) is 28.7 Å². The average Bonchev–Trinajstić information content (AvgIpc) is 2.86. The molecule has 0 radical (unpaired) electrons. The van der Waals surface area contributed by atoms with E-state index in [2.05, 4.69) is 5.32 Å². The summed E-state index contributed by atoms with van der Waals surface area (Å²) in [6.45, 7) is 2.73. The lowest BCUT2D eigenvalue weighted by Gasteiger charge is -2.22. The van der Waals surface area contributed by atoms with Crippen LogP contribution in [0.1, 0.15) is 30.9 Å². The minimum absolute atomic E-state index is 0.0371. The molecule has 1 aliphatic carbocycles. The minimum Gasteiger partial charge on any atom is -0.324 e. The Bertz CT molecular complexity index is 806. The molecular weight excluding hydrogens is 361 g/mol. The summed E-state index contributed by atoms with van der Waals surface area (Å²) >= 11 is 0. The smallest absolute Gasteiger partial charge is 0.324 e. The summed E-state index contributed by atoms with van der Waals surface area (Å²) in [7, 11) is 0. The van der Waals surface area contributed by atoms with Gasteiger partial charge in [-0.05, 0) is 44.4 Å². The predicted molar refractivity (Wildman–Crippen MR) is 91.5 cm³/mol. The van der Waals surface area contributed by atoms with Crippen LogP contribution >= 0.6 is 0 Å². The summed E-state index contributed by atoms with van der Waals surface area (Å²) in [5, 5.41) is 2.38. The van der Waals surface area contributed by atoms with Gasteiger partial charge in [-0.3, -0.25) is 19.3 Å². The van der Waals surface area contributed by atoms with Crippen molar-refractivity contribution < 1.29 is 27.6 Å². The normalized spacial score (nSPS) is 23.4. The van der Waals surface area contributed by atoms with Crippen molar-refractivity contribution in [2.75, 3.05) is 5.32 Å². The summed E-state index contributed by atoms with van der Waals surface area (Å²) in [4.78, 5) is 38.5. The summed E-state index contributed by atoms with van der Waals surface area (Å²) in [5.41, 5.74) is -0.851. The lowest BCUT2D eigenvalue weighted by molar-refractivity contribution is -0.146. The van der Waals surface area contributed by atoms with Gasteiger partial charge in [0.25, 0.3) is 0 Å². The van der Waals surface area contributed by atoms with Crippen LogP contribution in [0, 0.1) is 18.8 Å². The standard InChI is InChI=1S/C19H19F3N2O3/c1-10-7-8-12(9-15(10)19(20,21)22)23-16(25)11(2)24-17(26)13-5-3-4-6-14(13)18(24)27/h3-4,7-9,11,13-14H,5-6H2,1-2H3,(H,23,25)/t11-,13?,14?/m0/s1. The number of likely N-dealkylation sites (tertiary alicyclic amines) is 1. The molecule has 3 rings (SSSR count). The first-order valence-electron chi connectivity index (χ1n) is 8.62. The van der Waals surface area contributed by atoms with Gasteiger partial charge in [-0.25, -0.2) is 0 Å². The van der Waals surface area contributed by atoms with Gasteiger partial charge in [-0.2, -0.15) is 13.2 Å². The van der Waals surface area contributed by atoms with E-state index in [1.807, 2.05) is 12.2 Å². The maximum atomic E-state index is 13.0. The molecule has 8 heteroatoms. The third-order valence-electron chi connectivity index (χ3n) is 5.12. The predicted octanol–water partition coefficient (Wildman–Crippen LogP) is 3.29. The number of imide groups is 1. The van der Waals surface area contributed by atoms with E-state index in [0.717, 1.165) is 11.0 Å². The molecule has 1 saturated heterocycles. The maximum Gasteiger partial charge on any atom is 0.416 e. The van der Waals surface area contributed by atoms with Crippen LogP contribution in [0.2, 0.25) is 0 Å². The molecule has 144 valence electrons. The molecule has 1 fully saturated rings. The molecule has 1 aliphatic heterocycles. The number of nitrogens with one attached hydrogen (secondary N) is 1. The van der Waals surface area contributed by atoms with E-state index in [1.54, 1.807) is 0 Å². The number of nitrogens with zero attached hydrogens (tertiary/aromatic N) is 1. The van der Waals surface area contributed by atoms with E-state index in [-0.39, 0.29) is 11.3 Å². The topological polar surface area (TPSA) is 66.5 Å². The molecule has 1 aromatic carbocycles. The lowest BCUT2D eigenvalue weighted by Crippen LogP contribution is -2.46. The number of aryl methyl sites for hydroxylation is 1. The number of anilines is 1. The zero-order valence-electron chi connectivity index (χ0n) is 14.8. The molecular formula is C19H19F3N2O3. The van der Waals surface area contributed by atoms with Crippen LogP contribution in [-0.2, 0) is 20.6 Å². The molecule has 0 aromatic heterocycles. The molecule has 3 amide bonds. The fourth-order valence-electron chi connectivity index (χ4n) is 3.58. The zero-order chi connectivity index (χ0) is 19.9. The first-order chi connectivity index (χ1) is 12.6. The second-order valence-electron chi connectivity index (χ2n) is 6.89. The highest BCUT2D eigenvalue weighted by molar-refractivity contribution is 6.10. The first kappa shape index (κ1) is 19.1. The number of amides is 3. The summed E-state index contributed by atoms with van der Waals surface area (Å²) in [5.74, 6) is -2.45. The Morgan fingerprint density at radius 1 is 1.15 bits per heavy atom. The molecule has 0 saturated carbocycles. The van der Waals surface area contributed by atoms with Gasteiger partial charge < -0.3 is 5.32 Å². The van der Waals surface area contributed by atoms with Crippen molar-refractivity contribution in [3.8, 4) is 0 Å². The number of benzene rings is 1. The number of carbonyl (C=O) groups is 3. The van der Waals surface area contributed by atoms with Crippen molar-refractivity contribution in [3.05, 3.63) is 41.5 Å². The van der Waals surface area contributed by atoms with Gasteiger partial charge in [-0.1, -0.05) is 18.2 Å². The summed E-state index contributed by atoms with van der Waals surface area (Å²) in [6, 6.07) is 2.35. The first-order valence-corrected chi connectivity index (χ1v) is 8.62. The molecule has 5 nitrogen and oxygen atoms in total. The van der Waals surface area contributed by atoms with E-state index in [9.17, 15) is 27.6 Å². The molecule has 0 bridgehead atoms. The highest BCUT2D eigenvalue weighted by Gasteiger charge is 2.50. The highest BCUT2D eigenvalue weighted by atomic mass is 19.4. The quantitative estimate of drug-likeness (QED) is 0.646. The maximum absolute atomic E-state index is 13.0. The van der Waals surface area contributed by atoms with Gasteiger partial charge in [0.2, 0.25) is 17.7 Å². The number of halogens is 3. The van der Waals surface area contributed by atoms with Crippen molar-refractivity contribution in [1.82, 2.24) is 4.90 Å². The Balaban J connectivity index is 1.77. The SMILES string of the molecule is Cc1ccc(NC(=O)[C@H](C)N2C(=O)C3CC=CCC3C2=O)cc1C(F)(F)F. The Labute approximate surface area is 154 Å². The average molecular weight is 380 g/mol. The second kappa shape index (κ2) is 6.83. The molecule has 2 unspecified atom stereocenters. The number of allylic oxidation sites excluding steroid dienone is 2. The highest BCUT2D eigenvalue weighted by Crippen LogP contribution is 2.36. The van der Waals surface area contributed by atoms with Crippen molar-refractivity contribution in [3.63, 3.8) is 0 Å². The molecule has 2 aliphatic rings. The van der Waals surface area contributed by atoms with Gasteiger partial charge in [0.1, 0.15) is 6.04 Å². The molecule has 27 heavy (non-hydrogen) atoms. The van der Waals surface area contributed by atoms with E-state index in [4.69, 9.17) is 0 Å². The fraction of sp³-hybridized carbons (Fsp3) is 0.421. The number of hydrogen-bond acceptors (Lipinski definition) is 3. The van der Waals surface area contributed by atoms with Crippen LogP contribution in [0.4, 0.5) is 18.9 Å². The number of fused-ring (bicyclic) bond motifs is 1. The van der Waals surface area contributed by atoms with E-state index in [0.29, 0.717) is 12.8 Å². The Morgan fingerprint density at radius 2 is 1.70 bits per heavy atom. The van der Waals surface area contributed by atoms with Crippen LogP contribution < -0.4 is 5.32 Å². The third kappa shape index (κ3) is 3.48. The number of rotatable bonds is 3. The van der Waals surface area contributed by atoms with Crippen LogP contribution in [0.25, 0.3) is 0 Å². The van der Waals surface area contributed by atoms with Crippen molar-refractivity contribution in [1.29, 1.82) is 0 Å². The van der Waals surface area contributed by atoms with Gasteiger partial charge in [0, 0.05) is 5.69 Å². The van der Waals surface area contributed by atoms with Gasteiger partial charge in [0.15, 0.2) is 0 Å². The van der Waals surface area contributed by atoms with Crippen LogP contribution in [0.5, 0.6) is 0 Å². The van der Waals surface area contributed by atoms with E-state index in [1.165, 1.54) is 26.0 Å². The second-order valence-corrected chi connectivity index (χ2v) is 6.89. The third-order valence-corrected chi connectivity index (χ3v) is 5.12. The number of hydrogen-bond donors (Lipinski definition) is 1. The van der Waals surface area contributed by atoms with Crippen LogP contribution in [0.15, 0.2) is 30.4 Å². The molecule has 1 heterocycles. The summed E-state index contributed by atoms with van der Waals surface area (Å²) in [6.07, 6.45) is 0.0388. The van der Waals surface area contributed by atoms with Gasteiger partial charge in [-0.15, -0.1) is 0 Å². The monoisotopic (exact) mass is 380 g/mol. The van der Waals surface area contributed by atoms with Crippen molar-refractivity contribution in [2.45, 2.75) is 38.9 Å². The lowest BCUT2D eigenvalue weighted by atomic mass is 9.85. The molecule has 0 spiro atoms. The Hall–Kier alpha value is -2.64. The molecule has 3 atom stereocenters. The zero-order valence-corrected chi connectivity index (χ0v) is 14.8. The van der Waals surface area contributed by atoms with Crippen molar-refractivity contribution >= 4 is 23.4 Å². The van der Waals surface area contributed by atoms with Gasteiger partial charge >= 0.3 is 6.18 Å². The van der Waals surface area contributed by atoms with Crippen LogP contribution in [0.3, 0.4) is 0 Å². The number of carbonyl (C=O) groups excluding carboxylic acids is 3.